The Kier molecular flexibility index (Phi) is 7.33. The van der Waals surface area contributed by atoms with Crippen LogP contribution in [0.1, 0.15) is 31.7 Å². The van der Waals surface area contributed by atoms with Crippen molar-refractivity contribution in [2.24, 2.45) is 0 Å². The van der Waals surface area contributed by atoms with Gasteiger partial charge in [-0.05, 0) is 56.5 Å². The molecule has 3 rings (SSSR count). The fraction of sp³-hybridized carbons (Fsp3) is 0.409. The maximum Gasteiger partial charge on any atom is 0.262 e. The molecule has 2 aromatic rings. The largest absolute Gasteiger partial charge is 0.490 e. The van der Waals surface area contributed by atoms with Crippen molar-refractivity contribution in [3.05, 3.63) is 48.0 Å². The Balaban J connectivity index is 1.68. The second-order valence-electron chi connectivity index (χ2n) is 7.16. The van der Waals surface area contributed by atoms with Crippen LogP contribution in [0.4, 0.5) is 5.69 Å². The van der Waals surface area contributed by atoms with Crippen molar-refractivity contribution in [3.63, 3.8) is 0 Å². The number of hydrogen-bond acceptors (Lipinski definition) is 5. The van der Waals surface area contributed by atoms with Crippen LogP contribution in [-0.2, 0) is 14.8 Å². The summed E-state index contributed by atoms with van der Waals surface area (Å²) in [4.78, 5) is 12.6. The zero-order valence-electron chi connectivity index (χ0n) is 17.4. The van der Waals surface area contributed by atoms with Gasteiger partial charge in [0.05, 0.1) is 11.5 Å². The van der Waals surface area contributed by atoms with Crippen LogP contribution in [0.15, 0.2) is 47.4 Å². The zero-order valence-corrected chi connectivity index (χ0v) is 18.2. The van der Waals surface area contributed by atoms with E-state index in [9.17, 15) is 13.2 Å². The van der Waals surface area contributed by atoms with Crippen molar-refractivity contribution < 1.29 is 22.7 Å². The number of ether oxygens (including phenoxy) is 2. The summed E-state index contributed by atoms with van der Waals surface area (Å²) in [5.41, 5.74) is 1.07. The summed E-state index contributed by atoms with van der Waals surface area (Å²) in [7, 11) is -3.58. The molecule has 0 unspecified atom stereocenters. The summed E-state index contributed by atoms with van der Waals surface area (Å²) in [6, 6.07) is 12.0. The first-order valence-electron chi connectivity index (χ1n) is 10.2. The number of sulfonamides is 1. The number of rotatable bonds is 8. The summed E-state index contributed by atoms with van der Waals surface area (Å²) < 4.78 is 38.6. The molecule has 1 amide bonds. The van der Waals surface area contributed by atoms with Crippen LogP contribution in [0, 0.1) is 6.92 Å². The Labute approximate surface area is 178 Å². The standard InChI is InChI=1S/C22H28N2O5S/c1-3-28-19-9-5-6-10-20(19)29-16-22(25)23-18-12-11-17(2)21(15-18)30(26,27)24-13-7-4-8-14-24/h5-6,9-12,15H,3-4,7-8,13-14,16H2,1-2H3,(H,23,25). The number of nitrogens with zero attached hydrogens (tertiary/aromatic N) is 1. The molecule has 1 saturated heterocycles. The molecule has 7 nitrogen and oxygen atoms in total. The van der Waals surface area contributed by atoms with Gasteiger partial charge in [0.2, 0.25) is 10.0 Å². The van der Waals surface area contributed by atoms with Crippen molar-refractivity contribution in [3.8, 4) is 11.5 Å². The van der Waals surface area contributed by atoms with Gasteiger partial charge < -0.3 is 14.8 Å². The molecule has 2 aromatic carbocycles. The van der Waals surface area contributed by atoms with E-state index in [0.29, 0.717) is 42.4 Å². The van der Waals surface area contributed by atoms with E-state index in [1.54, 1.807) is 37.3 Å². The summed E-state index contributed by atoms with van der Waals surface area (Å²) >= 11 is 0. The molecule has 1 fully saturated rings. The predicted octanol–water partition coefficient (Wildman–Crippen LogP) is 3.59. The molecule has 1 heterocycles. The molecule has 1 aliphatic heterocycles. The molecule has 1 N–H and O–H groups in total. The van der Waals surface area contributed by atoms with E-state index < -0.39 is 10.0 Å². The fourth-order valence-electron chi connectivity index (χ4n) is 3.38. The van der Waals surface area contributed by atoms with Gasteiger partial charge in [-0.3, -0.25) is 4.79 Å². The normalized spacial score (nSPS) is 14.9. The highest BCUT2D eigenvalue weighted by Gasteiger charge is 2.27. The SMILES string of the molecule is CCOc1ccccc1OCC(=O)Nc1ccc(C)c(S(=O)(=O)N2CCCCC2)c1. The van der Waals surface area contributed by atoms with Crippen molar-refractivity contribution in [1.82, 2.24) is 4.31 Å². The quantitative estimate of drug-likeness (QED) is 0.689. The van der Waals surface area contributed by atoms with E-state index in [1.165, 1.54) is 10.4 Å². The van der Waals surface area contributed by atoms with Gasteiger partial charge in [0, 0.05) is 18.8 Å². The second-order valence-corrected chi connectivity index (χ2v) is 9.07. The fourth-order valence-corrected chi connectivity index (χ4v) is 5.15. The molecular weight excluding hydrogens is 404 g/mol. The number of nitrogens with one attached hydrogen (secondary N) is 1. The lowest BCUT2D eigenvalue weighted by Crippen LogP contribution is -2.36. The minimum Gasteiger partial charge on any atom is -0.490 e. The Morgan fingerprint density at radius 2 is 1.70 bits per heavy atom. The number of benzene rings is 2. The van der Waals surface area contributed by atoms with Gasteiger partial charge in [0.15, 0.2) is 18.1 Å². The summed E-state index contributed by atoms with van der Waals surface area (Å²) in [5, 5.41) is 2.72. The first-order chi connectivity index (χ1) is 14.4. The third-order valence-corrected chi connectivity index (χ3v) is 6.95. The number of carbonyl (C=O) groups excluding carboxylic acids is 1. The van der Waals surface area contributed by atoms with E-state index >= 15 is 0 Å². The number of anilines is 1. The van der Waals surface area contributed by atoms with Crippen LogP contribution in [-0.4, -0.2) is 44.9 Å². The number of hydrogen-bond donors (Lipinski definition) is 1. The lowest BCUT2D eigenvalue weighted by molar-refractivity contribution is -0.118. The van der Waals surface area contributed by atoms with Gasteiger partial charge in [0.25, 0.3) is 5.91 Å². The van der Waals surface area contributed by atoms with E-state index in [2.05, 4.69) is 5.32 Å². The van der Waals surface area contributed by atoms with Crippen LogP contribution in [0.5, 0.6) is 11.5 Å². The topological polar surface area (TPSA) is 84.9 Å². The van der Waals surface area contributed by atoms with E-state index in [1.807, 2.05) is 13.0 Å². The number of amides is 1. The lowest BCUT2D eigenvalue weighted by atomic mass is 10.2. The molecule has 0 aliphatic carbocycles. The van der Waals surface area contributed by atoms with Crippen LogP contribution >= 0.6 is 0 Å². The van der Waals surface area contributed by atoms with Crippen molar-refractivity contribution in [2.75, 3.05) is 31.6 Å². The van der Waals surface area contributed by atoms with Crippen LogP contribution < -0.4 is 14.8 Å². The second kappa shape index (κ2) is 9.95. The average molecular weight is 433 g/mol. The molecule has 30 heavy (non-hydrogen) atoms. The summed E-state index contributed by atoms with van der Waals surface area (Å²) in [6.07, 6.45) is 2.79. The number of carbonyl (C=O) groups is 1. The molecule has 0 spiro atoms. The smallest absolute Gasteiger partial charge is 0.262 e. The Morgan fingerprint density at radius 1 is 1.03 bits per heavy atom. The zero-order chi connectivity index (χ0) is 21.6. The summed E-state index contributed by atoms with van der Waals surface area (Å²) in [5.74, 6) is 0.663. The van der Waals surface area contributed by atoms with Gasteiger partial charge in [-0.15, -0.1) is 0 Å². The third kappa shape index (κ3) is 5.31. The molecule has 8 heteroatoms. The Bertz CT molecular complexity index is 985. The molecule has 0 radical (unpaired) electrons. The Morgan fingerprint density at radius 3 is 2.37 bits per heavy atom. The van der Waals surface area contributed by atoms with Gasteiger partial charge in [-0.1, -0.05) is 24.6 Å². The average Bonchev–Trinajstić information content (AvgIpc) is 2.75. The van der Waals surface area contributed by atoms with Crippen molar-refractivity contribution >= 4 is 21.6 Å². The molecule has 0 bridgehead atoms. The maximum atomic E-state index is 13.0. The van der Waals surface area contributed by atoms with E-state index in [-0.39, 0.29) is 17.4 Å². The highest BCUT2D eigenvalue weighted by atomic mass is 32.2. The molecule has 162 valence electrons. The van der Waals surface area contributed by atoms with Crippen LogP contribution in [0.2, 0.25) is 0 Å². The van der Waals surface area contributed by atoms with Crippen molar-refractivity contribution in [1.29, 1.82) is 0 Å². The lowest BCUT2D eigenvalue weighted by Gasteiger charge is -2.26. The maximum absolute atomic E-state index is 13.0. The van der Waals surface area contributed by atoms with Gasteiger partial charge >= 0.3 is 0 Å². The molecular formula is C22H28N2O5S. The first-order valence-corrected chi connectivity index (χ1v) is 11.6. The summed E-state index contributed by atoms with van der Waals surface area (Å²) in [6.45, 7) is 4.97. The van der Waals surface area contributed by atoms with E-state index in [0.717, 1.165) is 19.3 Å². The highest BCUT2D eigenvalue weighted by molar-refractivity contribution is 7.89. The Hall–Kier alpha value is -2.58. The molecule has 0 atom stereocenters. The first kappa shape index (κ1) is 22.1. The minimum absolute atomic E-state index is 0.216. The molecule has 0 saturated carbocycles. The number of para-hydroxylation sites is 2. The van der Waals surface area contributed by atoms with Crippen LogP contribution in [0.3, 0.4) is 0 Å². The minimum atomic E-state index is -3.58. The highest BCUT2D eigenvalue weighted by Crippen LogP contribution is 2.27. The van der Waals surface area contributed by atoms with Crippen molar-refractivity contribution in [2.45, 2.75) is 38.0 Å². The number of aryl methyl sites for hydroxylation is 1. The van der Waals surface area contributed by atoms with Gasteiger partial charge in [-0.25, -0.2) is 8.42 Å². The van der Waals surface area contributed by atoms with Gasteiger partial charge in [-0.2, -0.15) is 4.31 Å². The molecule has 0 aromatic heterocycles. The monoisotopic (exact) mass is 432 g/mol. The van der Waals surface area contributed by atoms with Crippen LogP contribution in [0.25, 0.3) is 0 Å². The van der Waals surface area contributed by atoms with E-state index in [4.69, 9.17) is 9.47 Å². The predicted molar refractivity (Wildman–Crippen MR) is 116 cm³/mol. The van der Waals surface area contributed by atoms with Gasteiger partial charge in [0.1, 0.15) is 0 Å². The third-order valence-electron chi connectivity index (χ3n) is 4.91. The number of piperidine rings is 1. The molecule has 1 aliphatic rings.